The molecule has 80 valence electrons. The van der Waals surface area contributed by atoms with Gasteiger partial charge in [0, 0.05) is 12.8 Å². The second kappa shape index (κ2) is 2.94. The smallest absolute Gasteiger partial charge is 0.169 e. The van der Waals surface area contributed by atoms with Gasteiger partial charge >= 0.3 is 0 Å². The molecule has 1 aliphatic carbocycles. The molecule has 3 heteroatoms. The van der Waals surface area contributed by atoms with Gasteiger partial charge in [-0.25, -0.2) is 0 Å². The lowest BCUT2D eigenvalue weighted by Gasteiger charge is -2.33. The van der Waals surface area contributed by atoms with E-state index in [1.165, 1.54) is 19.3 Å². The molecule has 14 heavy (non-hydrogen) atoms. The predicted molar refractivity (Wildman–Crippen MR) is 51.0 cm³/mol. The summed E-state index contributed by atoms with van der Waals surface area (Å²) in [6.45, 7) is 3.67. The van der Waals surface area contributed by atoms with Crippen molar-refractivity contribution in [2.75, 3.05) is 13.2 Å². The molecule has 0 bridgehead atoms. The van der Waals surface area contributed by atoms with Crippen LogP contribution in [0.4, 0.5) is 0 Å². The molecule has 0 aromatic carbocycles. The van der Waals surface area contributed by atoms with Gasteiger partial charge in [-0.15, -0.1) is 0 Å². The Labute approximate surface area is 84.7 Å². The fraction of sp³-hybridized carbons (Fsp3) is 1.00. The summed E-state index contributed by atoms with van der Waals surface area (Å²) in [5.74, 6) is -0.251. The molecule has 0 aromatic heterocycles. The molecule has 3 nitrogen and oxygen atoms in total. The van der Waals surface area contributed by atoms with Crippen molar-refractivity contribution in [3.63, 3.8) is 0 Å². The molecule has 2 aliphatic heterocycles. The van der Waals surface area contributed by atoms with Crippen LogP contribution in [0.25, 0.3) is 0 Å². The summed E-state index contributed by atoms with van der Waals surface area (Å²) in [5.41, 5.74) is -0.169. The molecule has 2 atom stereocenters. The van der Waals surface area contributed by atoms with Crippen LogP contribution in [0.3, 0.4) is 0 Å². The first-order valence-corrected chi connectivity index (χ1v) is 5.68. The van der Waals surface area contributed by atoms with Gasteiger partial charge in [-0.1, -0.05) is 6.42 Å². The Morgan fingerprint density at radius 3 is 2.50 bits per heavy atom. The van der Waals surface area contributed by atoms with Crippen LogP contribution in [0.1, 0.15) is 39.0 Å². The molecule has 0 amide bonds. The molecule has 1 spiro atoms. The molecule has 1 saturated carbocycles. The predicted octanol–water partition coefficient (Wildman–Crippen LogP) is 1.85. The summed E-state index contributed by atoms with van der Waals surface area (Å²) >= 11 is 0. The monoisotopic (exact) mass is 198 g/mol. The van der Waals surface area contributed by atoms with Crippen molar-refractivity contribution >= 4 is 0 Å². The number of hydrogen-bond donors (Lipinski definition) is 0. The van der Waals surface area contributed by atoms with Crippen molar-refractivity contribution in [2.24, 2.45) is 0 Å². The molecule has 2 saturated heterocycles. The van der Waals surface area contributed by atoms with E-state index in [4.69, 9.17) is 14.2 Å². The van der Waals surface area contributed by atoms with E-state index in [2.05, 4.69) is 6.92 Å². The first-order chi connectivity index (χ1) is 6.73. The van der Waals surface area contributed by atoms with Crippen molar-refractivity contribution in [3.8, 4) is 0 Å². The van der Waals surface area contributed by atoms with Crippen molar-refractivity contribution < 1.29 is 14.2 Å². The highest BCUT2D eigenvalue weighted by Crippen LogP contribution is 2.45. The Morgan fingerprint density at radius 1 is 1.14 bits per heavy atom. The first kappa shape index (κ1) is 9.13. The van der Waals surface area contributed by atoms with Crippen LogP contribution >= 0.6 is 0 Å². The molecule has 3 aliphatic rings. The zero-order valence-corrected chi connectivity index (χ0v) is 8.75. The minimum absolute atomic E-state index is 0.169. The summed E-state index contributed by atoms with van der Waals surface area (Å²) in [6, 6.07) is 0. The molecule has 2 heterocycles. The summed E-state index contributed by atoms with van der Waals surface area (Å²) < 4.78 is 17.4. The second-order valence-corrected chi connectivity index (χ2v) is 5.00. The molecule has 0 radical (unpaired) electrons. The lowest BCUT2D eigenvalue weighted by atomic mass is 9.94. The lowest BCUT2D eigenvalue weighted by Crippen LogP contribution is -2.39. The summed E-state index contributed by atoms with van der Waals surface area (Å²) in [5, 5.41) is 0. The van der Waals surface area contributed by atoms with E-state index in [0.29, 0.717) is 6.61 Å². The maximum absolute atomic E-state index is 6.15. The van der Waals surface area contributed by atoms with Gasteiger partial charge in [0.1, 0.15) is 11.7 Å². The van der Waals surface area contributed by atoms with Crippen LogP contribution in [0.2, 0.25) is 0 Å². The average Bonchev–Trinajstić information content (AvgIpc) is 2.97. The molecule has 0 N–H and O–H groups in total. The van der Waals surface area contributed by atoms with Gasteiger partial charge in [0.2, 0.25) is 0 Å². The van der Waals surface area contributed by atoms with Gasteiger partial charge in [0.25, 0.3) is 0 Å². The summed E-state index contributed by atoms with van der Waals surface area (Å²) in [6.07, 6.45) is 6.21. The third-order valence-electron chi connectivity index (χ3n) is 3.67. The first-order valence-electron chi connectivity index (χ1n) is 5.68. The quantitative estimate of drug-likeness (QED) is 0.602. The maximum Gasteiger partial charge on any atom is 0.169 e. The minimum Gasteiger partial charge on any atom is -0.370 e. The number of ether oxygens (including phenoxy) is 3. The Bertz CT molecular complexity index is 231. The van der Waals surface area contributed by atoms with Gasteiger partial charge in [0.05, 0.1) is 13.2 Å². The van der Waals surface area contributed by atoms with Crippen LogP contribution in [-0.4, -0.2) is 30.7 Å². The highest BCUT2D eigenvalue weighted by Gasteiger charge is 2.55. The Balaban J connectivity index is 1.72. The highest BCUT2D eigenvalue weighted by molar-refractivity contribution is 4.99. The van der Waals surface area contributed by atoms with Crippen LogP contribution in [0.5, 0.6) is 0 Å². The normalized spacial score (nSPS) is 45.6. The Hall–Kier alpha value is -0.120. The van der Waals surface area contributed by atoms with Gasteiger partial charge in [-0.2, -0.15) is 0 Å². The van der Waals surface area contributed by atoms with E-state index < -0.39 is 0 Å². The zero-order valence-electron chi connectivity index (χ0n) is 8.75. The van der Waals surface area contributed by atoms with E-state index in [9.17, 15) is 0 Å². The molecule has 0 aromatic rings. The fourth-order valence-electron chi connectivity index (χ4n) is 2.65. The Morgan fingerprint density at radius 2 is 1.86 bits per heavy atom. The Kier molecular flexibility index (Phi) is 1.92. The molecule has 0 unspecified atom stereocenters. The topological polar surface area (TPSA) is 31.0 Å². The van der Waals surface area contributed by atoms with Gasteiger partial charge in [-0.05, 0) is 19.8 Å². The van der Waals surface area contributed by atoms with E-state index in [1.807, 2.05) is 0 Å². The van der Waals surface area contributed by atoms with Crippen molar-refractivity contribution in [1.29, 1.82) is 0 Å². The third kappa shape index (κ3) is 1.38. The standard InChI is InChI=1S/C11H18O3/c1-10(9-7-12-9)8-13-11(14-10)5-3-2-4-6-11/h9H,2-8H2,1H3/t9-,10+/m0/s1. The van der Waals surface area contributed by atoms with E-state index in [0.717, 1.165) is 19.4 Å². The van der Waals surface area contributed by atoms with Gasteiger partial charge < -0.3 is 14.2 Å². The molecular formula is C11H18O3. The van der Waals surface area contributed by atoms with Gasteiger partial charge in [-0.3, -0.25) is 0 Å². The highest BCUT2D eigenvalue weighted by atomic mass is 16.8. The van der Waals surface area contributed by atoms with Gasteiger partial charge in [0.15, 0.2) is 5.79 Å². The van der Waals surface area contributed by atoms with Crippen molar-refractivity contribution in [3.05, 3.63) is 0 Å². The molecule has 3 rings (SSSR count). The fourth-order valence-corrected chi connectivity index (χ4v) is 2.65. The van der Waals surface area contributed by atoms with Crippen LogP contribution in [0.15, 0.2) is 0 Å². The zero-order chi connectivity index (χ0) is 9.65. The van der Waals surface area contributed by atoms with Crippen LogP contribution in [0, 0.1) is 0 Å². The number of hydrogen-bond acceptors (Lipinski definition) is 3. The number of rotatable bonds is 1. The average molecular weight is 198 g/mol. The molecular weight excluding hydrogens is 180 g/mol. The molecule has 3 fully saturated rings. The van der Waals surface area contributed by atoms with Crippen LogP contribution < -0.4 is 0 Å². The number of epoxide rings is 1. The SMILES string of the molecule is C[C@]1([C@@H]2CO2)COC2(CCCCC2)O1. The second-order valence-electron chi connectivity index (χ2n) is 5.00. The van der Waals surface area contributed by atoms with E-state index in [1.54, 1.807) is 0 Å². The van der Waals surface area contributed by atoms with Crippen molar-refractivity contribution in [2.45, 2.75) is 56.5 Å². The minimum atomic E-state index is -0.251. The van der Waals surface area contributed by atoms with E-state index >= 15 is 0 Å². The maximum atomic E-state index is 6.15. The summed E-state index contributed by atoms with van der Waals surface area (Å²) in [7, 11) is 0. The lowest BCUT2D eigenvalue weighted by molar-refractivity contribution is -0.204. The third-order valence-corrected chi connectivity index (χ3v) is 3.67. The van der Waals surface area contributed by atoms with Crippen molar-refractivity contribution in [1.82, 2.24) is 0 Å². The largest absolute Gasteiger partial charge is 0.370 e. The van der Waals surface area contributed by atoms with Crippen LogP contribution in [-0.2, 0) is 14.2 Å². The summed E-state index contributed by atoms with van der Waals surface area (Å²) in [4.78, 5) is 0. The van der Waals surface area contributed by atoms with E-state index in [-0.39, 0.29) is 17.5 Å².